The summed E-state index contributed by atoms with van der Waals surface area (Å²) in [6, 6.07) is 0. The number of hydrogen-bond donors (Lipinski definition) is 1. The van der Waals surface area contributed by atoms with Gasteiger partial charge in [-0.05, 0) is 34.1 Å². The molecule has 0 amide bonds. The van der Waals surface area contributed by atoms with E-state index in [0.29, 0.717) is 0 Å². The van der Waals surface area contributed by atoms with Gasteiger partial charge in [0.15, 0.2) is 0 Å². The molecule has 80 valence electrons. The molecule has 0 radical (unpaired) electrons. The fourth-order valence-electron chi connectivity index (χ4n) is 1.66. The number of rotatable bonds is 2. The molecular formula is C11H20N2O. The molecule has 0 saturated carbocycles. The smallest absolute Gasteiger partial charge is 0.267 e. The summed E-state index contributed by atoms with van der Waals surface area (Å²) in [5, 5.41) is 2.90. The van der Waals surface area contributed by atoms with Gasteiger partial charge in [-0.15, -0.1) is 0 Å². The topological polar surface area (TPSA) is 37.8 Å². The molecule has 0 atom stereocenters. The number of aromatic nitrogens is 2. The number of aromatic amines is 1. The van der Waals surface area contributed by atoms with Gasteiger partial charge < -0.3 is 0 Å². The molecule has 3 heteroatoms. The van der Waals surface area contributed by atoms with Crippen LogP contribution >= 0.6 is 0 Å². The minimum absolute atomic E-state index is 0.0437. The third-order valence-corrected chi connectivity index (χ3v) is 2.41. The normalized spacial score (nSPS) is 12.1. The molecule has 0 spiro atoms. The van der Waals surface area contributed by atoms with Crippen molar-refractivity contribution in [2.45, 2.75) is 53.0 Å². The van der Waals surface area contributed by atoms with E-state index in [1.165, 1.54) is 0 Å². The minimum atomic E-state index is -0.0437. The number of H-pyrrole nitrogens is 1. The molecule has 0 bridgehead atoms. The second kappa shape index (κ2) is 3.64. The average Bonchev–Trinajstić information content (AvgIpc) is 2.32. The molecule has 1 N–H and O–H groups in total. The lowest BCUT2D eigenvalue weighted by Gasteiger charge is -2.23. The molecule has 0 aromatic carbocycles. The Morgan fingerprint density at radius 2 is 1.93 bits per heavy atom. The van der Waals surface area contributed by atoms with Crippen molar-refractivity contribution in [3.8, 4) is 0 Å². The molecule has 3 nitrogen and oxygen atoms in total. The van der Waals surface area contributed by atoms with Gasteiger partial charge in [0.2, 0.25) is 0 Å². The molecule has 0 saturated heterocycles. The van der Waals surface area contributed by atoms with Crippen LogP contribution in [0.1, 0.15) is 45.4 Å². The van der Waals surface area contributed by atoms with Gasteiger partial charge in [-0.1, -0.05) is 13.3 Å². The second-order valence-corrected chi connectivity index (χ2v) is 4.77. The Morgan fingerprint density at radius 1 is 1.36 bits per heavy atom. The summed E-state index contributed by atoms with van der Waals surface area (Å²) >= 11 is 0. The monoisotopic (exact) mass is 196 g/mol. The predicted molar refractivity (Wildman–Crippen MR) is 58.8 cm³/mol. The predicted octanol–water partition coefficient (Wildman–Crippen LogP) is 2.19. The van der Waals surface area contributed by atoms with Gasteiger partial charge in [-0.3, -0.25) is 14.6 Å². The molecule has 0 aliphatic rings. The maximum atomic E-state index is 11.5. The lowest BCUT2D eigenvalue weighted by atomic mass is 10.1. The van der Waals surface area contributed by atoms with Gasteiger partial charge in [-0.2, -0.15) is 0 Å². The Bertz CT molecular complexity index is 366. The molecular weight excluding hydrogens is 176 g/mol. The highest BCUT2D eigenvalue weighted by atomic mass is 16.1. The lowest BCUT2D eigenvalue weighted by Crippen LogP contribution is -2.26. The molecule has 0 aliphatic heterocycles. The standard InChI is InChI=1S/C11H20N2O/c1-6-7-9-8(2)10(14)12-13(9)11(3,4)5/h6-7H2,1-5H3,(H,12,14). The fraction of sp³-hybridized carbons (Fsp3) is 0.727. The van der Waals surface area contributed by atoms with E-state index in [1.54, 1.807) is 0 Å². The van der Waals surface area contributed by atoms with Crippen LogP contribution in [0.25, 0.3) is 0 Å². The van der Waals surface area contributed by atoms with Crippen molar-refractivity contribution in [1.29, 1.82) is 0 Å². The SMILES string of the molecule is CCCc1c(C)c(=O)[nH]n1C(C)(C)C. The summed E-state index contributed by atoms with van der Waals surface area (Å²) < 4.78 is 1.99. The van der Waals surface area contributed by atoms with E-state index in [0.717, 1.165) is 24.1 Å². The number of nitrogens with zero attached hydrogens (tertiary/aromatic N) is 1. The molecule has 0 fully saturated rings. The van der Waals surface area contributed by atoms with Gasteiger partial charge in [0.1, 0.15) is 0 Å². The van der Waals surface area contributed by atoms with E-state index in [1.807, 2.05) is 11.6 Å². The van der Waals surface area contributed by atoms with Gasteiger partial charge >= 0.3 is 0 Å². The fourth-order valence-corrected chi connectivity index (χ4v) is 1.66. The van der Waals surface area contributed by atoms with E-state index in [-0.39, 0.29) is 11.1 Å². The van der Waals surface area contributed by atoms with Crippen LogP contribution in [-0.2, 0) is 12.0 Å². The minimum Gasteiger partial charge on any atom is -0.284 e. The van der Waals surface area contributed by atoms with Crippen molar-refractivity contribution in [2.24, 2.45) is 0 Å². The van der Waals surface area contributed by atoms with Gasteiger partial charge in [-0.25, -0.2) is 0 Å². The van der Waals surface area contributed by atoms with Gasteiger partial charge in [0.25, 0.3) is 5.56 Å². The van der Waals surface area contributed by atoms with E-state index in [9.17, 15) is 4.79 Å². The summed E-state index contributed by atoms with van der Waals surface area (Å²) in [6.45, 7) is 10.3. The largest absolute Gasteiger partial charge is 0.284 e. The van der Waals surface area contributed by atoms with Crippen LogP contribution in [0.3, 0.4) is 0 Å². The van der Waals surface area contributed by atoms with Crippen molar-refractivity contribution >= 4 is 0 Å². The molecule has 1 heterocycles. The number of nitrogens with one attached hydrogen (secondary N) is 1. The molecule has 1 rings (SSSR count). The quantitative estimate of drug-likeness (QED) is 0.773. The first kappa shape index (κ1) is 11.1. The Morgan fingerprint density at radius 3 is 2.36 bits per heavy atom. The molecule has 0 aliphatic carbocycles. The van der Waals surface area contributed by atoms with Crippen LogP contribution in [0, 0.1) is 6.92 Å². The van der Waals surface area contributed by atoms with Crippen LogP contribution in [-0.4, -0.2) is 9.78 Å². The number of hydrogen-bond acceptors (Lipinski definition) is 1. The Labute approximate surface area is 85.1 Å². The first-order chi connectivity index (χ1) is 6.38. The summed E-state index contributed by atoms with van der Waals surface area (Å²) in [5.41, 5.74) is 2.01. The van der Waals surface area contributed by atoms with Gasteiger partial charge in [0.05, 0.1) is 5.54 Å². The zero-order chi connectivity index (χ0) is 10.9. The van der Waals surface area contributed by atoms with Crippen molar-refractivity contribution < 1.29 is 0 Å². The first-order valence-electron chi connectivity index (χ1n) is 5.19. The van der Waals surface area contributed by atoms with Crippen molar-refractivity contribution in [2.75, 3.05) is 0 Å². The molecule has 1 aromatic heterocycles. The highest BCUT2D eigenvalue weighted by Crippen LogP contribution is 2.17. The highest BCUT2D eigenvalue weighted by molar-refractivity contribution is 5.17. The van der Waals surface area contributed by atoms with Crippen LogP contribution in [0.15, 0.2) is 4.79 Å². The van der Waals surface area contributed by atoms with Crippen LogP contribution in [0.4, 0.5) is 0 Å². The van der Waals surface area contributed by atoms with Crippen LogP contribution in [0.5, 0.6) is 0 Å². The van der Waals surface area contributed by atoms with Crippen molar-refractivity contribution in [3.63, 3.8) is 0 Å². The average molecular weight is 196 g/mol. The van der Waals surface area contributed by atoms with E-state index < -0.39 is 0 Å². The van der Waals surface area contributed by atoms with Crippen molar-refractivity contribution in [3.05, 3.63) is 21.6 Å². The maximum Gasteiger partial charge on any atom is 0.267 e. The zero-order valence-electron chi connectivity index (χ0n) is 9.77. The molecule has 0 unspecified atom stereocenters. The van der Waals surface area contributed by atoms with Crippen molar-refractivity contribution in [1.82, 2.24) is 9.78 Å². The second-order valence-electron chi connectivity index (χ2n) is 4.77. The van der Waals surface area contributed by atoms with E-state index in [2.05, 4.69) is 32.8 Å². The van der Waals surface area contributed by atoms with Crippen LogP contribution in [0.2, 0.25) is 0 Å². The van der Waals surface area contributed by atoms with E-state index in [4.69, 9.17) is 0 Å². The third kappa shape index (κ3) is 1.91. The van der Waals surface area contributed by atoms with E-state index >= 15 is 0 Å². The van der Waals surface area contributed by atoms with Crippen LogP contribution < -0.4 is 5.56 Å². The highest BCUT2D eigenvalue weighted by Gasteiger charge is 2.19. The Kier molecular flexibility index (Phi) is 2.88. The summed E-state index contributed by atoms with van der Waals surface area (Å²) in [5.74, 6) is 0. The Hall–Kier alpha value is -0.990. The molecule has 1 aromatic rings. The summed E-state index contributed by atoms with van der Waals surface area (Å²) in [4.78, 5) is 11.5. The first-order valence-corrected chi connectivity index (χ1v) is 5.19. The lowest BCUT2D eigenvalue weighted by molar-refractivity contribution is 0.341. The molecule has 14 heavy (non-hydrogen) atoms. The summed E-state index contributed by atoms with van der Waals surface area (Å²) in [7, 11) is 0. The van der Waals surface area contributed by atoms with Gasteiger partial charge in [0, 0.05) is 11.3 Å². The zero-order valence-corrected chi connectivity index (χ0v) is 9.77. The Balaban J connectivity index is 3.29. The maximum absolute atomic E-state index is 11.5. The summed E-state index contributed by atoms with van der Waals surface area (Å²) in [6.07, 6.45) is 2.02. The third-order valence-electron chi connectivity index (χ3n) is 2.41.